The number of carbonyl (C=O) groups is 2. The van der Waals surface area contributed by atoms with Gasteiger partial charge in [0, 0.05) is 6.54 Å². The molecule has 0 aliphatic heterocycles. The van der Waals surface area contributed by atoms with E-state index in [1.807, 2.05) is 38.4 Å². The molecule has 0 unspecified atom stereocenters. The normalized spacial score (nSPS) is 10.2. The Hall–Kier alpha value is -2.18. The average molecular weight is 295 g/mol. The molecule has 0 bridgehead atoms. The first-order valence-electron chi connectivity index (χ1n) is 6.33. The van der Waals surface area contributed by atoms with Crippen LogP contribution >= 0.6 is 0 Å². The Morgan fingerprint density at radius 3 is 2.19 bits per heavy atom. The minimum Gasteiger partial charge on any atom is -0.473 e. The van der Waals surface area contributed by atoms with Crippen LogP contribution in [0.2, 0.25) is 0 Å². The van der Waals surface area contributed by atoms with Gasteiger partial charge in [-0.25, -0.2) is 9.59 Å². The molecule has 0 spiro atoms. The van der Waals surface area contributed by atoms with E-state index in [9.17, 15) is 0 Å². The molecule has 0 radical (unpaired) electrons. The van der Waals surface area contributed by atoms with E-state index in [1.165, 1.54) is 5.56 Å². The zero-order valence-corrected chi connectivity index (χ0v) is 12.2. The summed E-state index contributed by atoms with van der Waals surface area (Å²) in [4.78, 5) is 20.3. The van der Waals surface area contributed by atoms with Crippen molar-refractivity contribution in [1.29, 1.82) is 0 Å². The van der Waals surface area contributed by atoms with Crippen LogP contribution in [0.15, 0.2) is 36.4 Å². The van der Waals surface area contributed by atoms with Crippen LogP contribution in [0, 0.1) is 0 Å². The monoisotopic (exact) mass is 295 g/mol. The maximum absolute atomic E-state index is 9.10. The van der Waals surface area contributed by atoms with Gasteiger partial charge in [0.1, 0.15) is 0 Å². The Balaban J connectivity index is 0.000000567. The molecule has 116 valence electrons. The molecule has 1 rings (SSSR count). The standard InChI is InChI=1S/C13H19NO.C2H2O4/c1-14(2)10-12-15-11-6-9-13-7-4-3-5-8-13;3-1(4)2(5)6/h3-9H,10-12H2,1-2H3;(H,3,4)(H,5,6)/b9-6+;. The summed E-state index contributed by atoms with van der Waals surface area (Å²) < 4.78 is 5.44. The lowest BCUT2D eigenvalue weighted by atomic mass is 10.2. The third-order valence-electron chi connectivity index (χ3n) is 2.19. The van der Waals surface area contributed by atoms with Crippen LogP contribution < -0.4 is 0 Å². The largest absolute Gasteiger partial charge is 0.473 e. The van der Waals surface area contributed by atoms with Crippen LogP contribution in [0.25, 0.3) is 6.08 Å². The Bertz CT molecular complexity index is 431. The molecule has 0 aromatic heterocycles. The first-order chi connectivity index (χ1) is 9.93. The Kier molecular flexibility index (Phi) is 10.4. The Labute approximate surface area is 124 Å². The summed E-state index contributed by atoms with van der Waals surface area (Å²) >= 11 is 0. The highest BCUT2D eigenvalue weighted by atomic mass is 16.5. The van der Waals surface area contributed by atoms with Crippen LogP contribution in [0.4, 0.5) is 0 Å². The molecule has 0 amide bonds. The quantitative estimate of drug-likeness (QED) is 0.610. The number of ether oxygens (including phenoxy) is 1. The van der Waals surface area contributed by atoms with E-state index in [1.54, 1.807) is 0 Å². The molecule has 0 aliphatic rings. The van der Waals surface area contributed by atoms with Crippen molar-refractivity contribution in [3.8, 4) is 0 Å². The summed E-state index contributed by atoms with van der Waals surface area (Å²) in [6.45, 7) is 2.44. The molecule has 0 fully saturated rings. The number of nitrogens with zero attached hydrogens (tertiary/aromatic N) is 1. The number of carboxylic acid groups (broad SMARTS) is 2. The van der Waals surface area contributed by atoms with Crippen molar-refractivity contribution < 1.29 is 24.5 Å². The summed E-state index contributed by atoms with van der Waals surface area (Å²) in [5.74, 6) is -3.65. The number of hydrogen-bond acceptors (Lipinski definition) is 4. The maximum atomic E-state index is 9.10. The van der Waals surface area contributed by atoms with Gasteiger partial charge >= 0.3 is 11.9 Å². The van der Waals surface area contributed by atoms with Crippen molar-refractivity contribution in [1.82, 2.24) is 4.90 Å². The highest BCUT2D eigenvalue weighted by molar-refractivity contribution is 6.27. The fourth-order valence-corrected chi connectivity index (χ4v) is 1.15. The van der Waals surface area contributed by atoms with Gasteiger partial charge in [0.15, 0.2) is 0 Å². The lowest BCUT2D eigenvalue weighted by Crippen LogP contribution is -2.17. The van der Waals surface area contributed by atoms with E-state index < -0.39 is 11.9 Å². The van der Waals surface area contributed by atoms with Gasteiger partial charge in [0.25, 0.3) is 0 Å². The number of carboxylic acids is 2. The third-order valence-corrected chi connectivity index (χ3v) is 2.19. The molecule has 0 atom stereocenters. The van der Waals surface area contributed by atoms with Crippen molar-refractivity contribution in [3.63, 3.8) is 0 Å². The van der Waals surface area contributed by atoms with Crippen LogP contribution in [0.1, 0.15) is 5.56 Å². The molecule has 6 nitrogen and oxygen atoms in total. The summed E-state index contributed by atoms with van der Waals surface area (Å²) in [7, 11) is 4.09. The lowest BCUT2D eigenvalue weighted by molar-refractivity contribution is -0.159. The van der Waals surface area contributed by atoms with Crippen LogP contribution in [-0.4, -0.2) is 60.9 Å². The fraction of sp³-hybridized carbons (Fsp3) is 0.333. The molecule has 1 aromatic carbocycles. The van der Waals surface area contributed by atoms with E-state index in [4.69, 9.17) is 24.5 Å². The zero-order chi connectivity index (χ0) is 16.1. The fourth-order valence-electron chi connectivity index (χ4n) is 1.15. The van der Waals surface area contributed by atoms with E-state index in [2.05, 4.69) is 23.1 Å². The van der Waals surface area contributed by atoms with Crippen LogP contribution in [0.5, 0.6) is 0 Å². The molecular weight excluding hydrogens is 274 g/mol. The second-order valence-corrected chi connectivity index (χ2v) is 4.30. The Morgan fingerprint density at radius 1 is 1.14 bits per heavy atom. The first kappa shape index (κ1) is 18.8. The third kappa shape index (κ3) is 12.6. The van der Waals surface area contributed by atoms with Crippen molar-refractivity contribution in [2.45, 2.75) is 0 Å². The molecule has 0 saturated heterocycles. The van der Waals surface area contributed by atoms with Crippen LogP contribution in [-0.2, 0) is 14.3 Å². The summed E-state index contributed by atoms with van der Waals surface area (Å²) in [5.41, 5.74) is 1.22. The number of hydrogen-bond donors (Lipinski definition) is 2. The molecule has 1 aromatic rings. The molecule has 21 heavy (non-hydrogen) atoms. The highest BCUT2D eigenvalue weighted by Gasteiger charge is 2.04. The predicted molar refractivity (Wildman–Crippen MR) is 80.1 cm³/mol. The highest BCUT2D eigenvalue weighted by Crippen LogP contribution is 2.00. The van der Waals surface area contributed by atoms with Gasteiger partial charge in [-0.2, -0.15) is 0 Å². The molecule has 0 heterocycles. The minimum atomic E-state index is -1.82. The SMILES string of the molecule is CN(C)CCOC/C=C/c1ccccc1.O=C(O)C(=O)O. The Morgan fingerprint density at radius 2 is 1.71 bits per heavy atom. The molecule has 2 N–H and O–H groups in total. The van der Waals surface area contributed by atoms with Gasteiger partial charge in [0.05, 0.1) is 13.2 Å². The molecule has 6 heteroatoms. The average Bonchev–Trinajstić information content (AvgIpc) is 2.44. The summed E-state index contributed by atoms with van der Waals surface area (Å²) in [6.07, 6.45) is 4.13. The van der Waals surface area contributed by atoms with Gasteiger partial charge in [-0.05, 0) is 19.7 Å². The van der Waals surface area contributed by atoms with Gasteiger partial charge in [-0.15, -0.1) is 0 Å². The van der Waals surface area contributed by atoms with Crippen molar-refractivity contribution in [2.75, 3.05) is 33.9 Å². The number of rotatable bonds is 6. The minimum absolute atomic E-state index is 0.683. The number of aliphatic carboxylic acids is 2. The predicted octanol–water partition coefficient (Wildman–Crippen LogP) is 1.43. The second kappa shape index (κ2) is 11.6. The maximum Gasteiger partial charge on any atom is 0.414 e. The number of benzene rings is 1. The zero-order valence-electron chi connectivity index (χ0n) is 12.2. The van der Waals surface area contributed by atoms with Crippen molar-refractivity contribution in [2.24, 2.45) is 0 Å². The van der Waals surface area contributed by atoms with E-state index in [0.29, 0.717) is 6.61 Å². The molecule has 0 aliphatic carbocycles. The topological polar surface area (TPSA) is 87.1 Å². The van der Waals surface area contributed by atoms with Gasteiger partial charge in [0.2, 0.25) is 0 Å². The lowest BCUT2D eigenvalue weighted by Gasteiger charge is -2.08. The van der Waals surface area contributed by atoms with Gasteiger partial charge in [-0.1, -0.05) is 42.5 Å². The van der Waals surface area contributed by atoms with E-state index in [-0.39, 0.29) is 0 Å². The van der Waals surface area contributed by atoms with Crippen molar-refractivity contribution in [3.05, 3.63) is 42.0 Å². The number of likely N-dealkylation sites (N-methyl/N-ethyl adjacent to an activating group) is 1. The molecule has 0 saturated carbocycles. The summed E-state index contributed by atoms with van der Waals surface area (Å²) in [6, 6.07) is 10.2. The smallest absolute Gasteiger partial charge is 0.414 e. The molecular formula is C15H21NO5. The summed E-state index contributed by atoms with van der Waals surface area (Å²) in [5, 5.41) is 14.8. The van der Waals surface area contributed by atoms with E-state index in [0.717, 1.165) is 13.2 Å². The van der Waals surface area contributed by atoms with Crippen LogP contribution in [0.3, 0.4) is 0 Å². The second-order valence-electron chi connectivity index (χ2n) is 4.30. The van der Waals surface area contributed by atoms with Gasteiger partial charge < -0.3 is 19.8 Å². The van der Waals surface area contributed by atoms with E-state index >= 15 is 0 Å². The van der Waals surface area contributed by atoms with Crippen molar-refractivity contribution >= 4 is 18.0 Å². The first-order valence-corrected chi connectivity index (χ1v) is 6.33. The van der Waals surface area contributed by atoms with Gasteiger partial charge in [-0.3, -0.25) is 0 Å².